The van der Waals surface area contributed by atoms with Gasteiger partial charge in [0, 0.05) is 5.70 Å². The summed E-state index contributed by atoms with van der Waals surface area (Å²) in [5.41, 5.74) is 0.963. The van der Waals surface area contributed by atoms with Crippen molar-refractivity contribution in [3.63, 3.8) is 0 Å². The van der Waals surface area contributed by atoms with Gasteiger partial charge in [-0.1, -0.05) is 12.7 Å². The van der Waals surface area contributed by atoms with Gasteiger partial charge in [0.05, 0.1) is 6.54 Å². The number of nitrogens with one attached hydrogen (secondary N) is 1. The van der Waals surface area contributed by atoms with Gasteiger partial charge in [-0.25, -0.2) is 0 Å². The zero-order chi connectivity index (χ0) is 7.98. The molecule has 0 aromatic heterocycles. The topological polar surface area (TPSA) is 29.1 Å². The van der Waals surface area contributed by atoms with Crippen LogP contribution in [0.15, 0.2) is 24.4 Å². The van der Waals surface area contributed by atoms with Crippen LogP contribution in [0.5, 0.6) is 0 Å². The van der Waals surface area contributed by atoms with E-state index in [0.29, 0.717) is 6.54 Å². The van der Waals surface area contributed by atoms with E-state index in [2.05, 4.69) is 11.9 Å². The molecule has 0 radical (unpaired) electrons. The molecule has 0 amide bonds. The van der Waals surface area contributed by atoms with Crippen LogP contribution in [0.1, 0.15) is 13.8 Å². The molecule has 0 fully saturated rings. The Hall–Kier alpha value is -1.05. The Kier molecular flexibility index (Phi) is 4.29. The van der Waals surface area contributed by atoms with E-state index in [0.717, 1.165) is 5.70 Å². The summed E-state index contributed by atoms with van der Waals surface area (Å²) in [6.45, 7) is 7.37. The zero-order valence-electron chi connectivity index (χ0n) is 6.48. The largest absolute Gasteiger partial charge is 0.381 e. The van der Waals surface area contributed by atoms with E-state index in [-0.39, 0.29) is 5.78 Å². The lowest BCUT2D eigenvalue weighted by atomic mass is 10.4. The van der Waals surface area contributed by atoms with Crippen LogP contribution in [0.4, 0.5) is 0 Å². The number of hydrogen-bond donors (Lipinski definition) is 1. The van der Waals surface area contributed by atoms with Crippen molar-refractivity contribution in [2.24, 2.45) is 0 Å². The van der Waals surface area contributed by atoms with Gasteiger partial charge in [-0.2, -0.15) is 0 Å². The molecule has 56 valence electrons. The number of ketones is 1. The summed E-state index contributed by atoms with van der Waals surface area (Å²) in [4.78, 5) is 10.4. The lowest BCUT2D eigenvalue weighted by Crippen LogP contribution is -2.18. The molecule has 0 rings (SSSR count). The maximum absolute atomic E-state index is 10.4. The number of hydrogen-bond acceptors (Lipinski definition) is 2. The second-order valence-corrected chi connectivity index (χ2v) is 2.14. The Labute approximate surface area is 61.6 Å². The third kappa shape index (κ3) is 5.09. The van der Waals surface area contributed by atoms with Gasteiger partial charge < -0.3 is 5.32 Å². The van der Waals surface area contributed by atoms with Gasteiger partial charge in [-0.3, -0.25) is 4.79 Å². The third-order valence-electron chi connectivity index (χ3n) is 0.984. The molecule has 0 heterocycles. The second-order valence-electron chi connectivity index (χ2n) is 2.14. The highest BCUT2D eigenvalue weighted by Crippen LogP contribution is 1.84. The van der Waals surface area contributed by atoms with Gasteiger partial charge in [0.15, 0.2) is 0 Å². The highest BCUT2D eigenvalue weighted by atomic mass is 16.1. The summed E-state index contributed by atoms with van der Waals surface area (Å²) in [6.07, 6.45) is 3.51. The highest BCUT2D eigenvalue weighted by Gasteiger charge is 1.89. The average Bonchev–Trinajstić information content (AvgIpc) is 1.85. The number of rotatable bonds is 4. The highest BCUT2D eigenvalue weighted by molar-refractivity contribution is 5.77. The van der Waals surface area contributed by atoms with Crippen LogP contribution in [-0.2, 0) is 4.79 Å². The molecule has 0 saturated heterocycles. The summed E-state index contributed by atoms with van der Waals surface area (Å²) in [5, 5.41) is 2.92. The first-order valence-corrected chi connectivity index (χ1v) is 3.19. The Morgan fingerprint density at radius 1 is 1.60 bits per heavy atom. The predicted molar refractivity (Wildman–Crippen MR) is 42.6 cm³/mol. The van der Waals surface area contributed by atoms with E-state index < -0.39 is 0 Å². The maximum Gasteiger partial charge on any atom is 0.148 e. The van der Waals surface area contributed by atoms with Gasteiger partial charge in [0.2, 0.25) is 0 Å². The van der Waals surface area contributed by atoms with Gasteiger partial charge in [-0.05, 0) is 19.9 Å². The fourth-order valence-corrected chi connectivity index (χ4v) is 0.500. The number of Topliss-reactive ketones (excluding diaryl/α,β-unsaturated/α-hetero) is 1. The monoisotopic (exact) mass is 139 g/mol. The Morgan fingerprint density at radius 2 is 2.20 bits per heavy atom. The summed E-state index contributed by atoms with van der Waals surface area (Å²) < 4.78 is 0. The molecule has 2 heteroatoms. The Morgan fingerprint density at radius 3 is 2.60 bits per heavy atom. The van der Waals surface area contributed by atoms with Crippen LogP contribution in [0.2, 0.25) is 0 Å². The van der Waals surface area contributed by atoms with Gasteiger partial charge in [0.25, 0.3) is 0 Å². The van der Waals surface area contributed by atoms with Crippen LogP contribution in [-0.4, -0.2) is 12.3 Å². The minimum atomic E-state index is 0.136. The zero-order valence-corrected chi connectivity index (χ0v) is 6.48. The molecule has 0 atom stereocenters. The van der Waals surface area contributed by atoms with Gasteiger partial charge in [0.1, 0.15) is 5.78 Å². The lowest BCUT2D eigenvalue weighted by Gasteiger charge is -2.00. The standard InChI is InChI=1S/C8H13NO/c1-4-5-7(2)9-6-8(3)10/h4-5,9H,1,6H2,2-3H3/b7-5+. The SMILES string of the molecule is C=C/C=C(\C)NCC(C)=O. The summed E-state index contributed by atoms with van der Waals surface area (Å²) in [6, 6.07) is 0. The van der Waals surface area contributed by atoms with E-state index in [9.17, 15) is 4.79 Å². The van der Waals surface area contributed by atoms with Gasteiger partial charge >= 0.3 is 0 Å². The van der Waals surface area contributed by atoms with Crippen molar-refractivity contribution in [2.45, 2.75) is 13.8 Å². The average molecular weight is 139 g/mol. The molecule has 0 saturated carbocycles. The Balaban J connectivity index is 3.58. The first-order valence-electron chi connectivity index (χ1n) is 3.19. The van der Waals surface area contributed by atoms with Crippen molar-refractivity contribution in [1.82, 2.24) is 5.32 Å². The van der Waals surface area contributed by atoms with Crippen LogP contribution >= 0.6 is 0 Å². The summed E-state index contributed by atoms with van der Waals surface area (Å²) in [5.74, 6) is 0.136. The molecule has 0 aromatic rings. The fraction of sp³-hybridized carbons (Fsp3) is 0.375. The van der Waals surface area contributed by atoms with E-state index in [1.54, 1.807) is 13.0 Å². The molecular formula is C8H13NO. The normalized spacial score (nSPS) is 10.8. The van der Waals surface area contributed by atoms with Gasteiger partial charge in [-0.15, -0.1) is 0 Å². The lowest BCUT2D eigenvalue weighted by molar-refractivity contribution is -0.116. The molecule has 1 N–H and O–H groups in total. The molecule has 0 aliphatic rings. The van der Waals surface area contributed by atoms with E-state index in [1.165, 1.54) is 0 Å². The molecule has 0 spiro atoms. The van der Waals surface area contributed by atoms with Crippen LogP contribution in [0, 0.1) is 0 Å². The molecule has 10 heavy (non-hydrogen) atoms. The predicted octanol–water partition coefficient (Wildman–Crippen LogP) is 1.25. The number of carbonyl (C=O) groups is 1. The van der Waals surface area contributed by atoms with Crippen molar-refractivity contribution in [1.29, 1.82) is 0 Å². The van der Waals surface area contributed by atoms with Crippen molar-refractivity contribution >= 4 is 5.78 Å². The van der Waals surface area contributed by atoms with E-state index >= 15 is 0 Å². The first-order chi connectivity index (χ1) is 4.66. The molecule has 0 unspecified atom stereocenters. The smallest absolute Gasteiger partial charge is 0.148 e. The minimum absolute atomic E-state index is 0.136. The minimum Gasteiger partial charge on any atom is -0.381 e. The molecule has 2 nitrogen and oxygen atoms in total. The second kappa shape index (κ2) is 4.79. The number of allylic oxidation sites excluding steroid dienone is 3. The molecular weight excluding hydrogens is 126 g/mol. The quantitative estimate of drug-likeness (QED) is 0.594. The molecule has 0 bridgehead atoms. The Bertz CT molecular complexity index is 159. The van der Waals surface area contributed by atoms with Crippen LogP contribution in [0.3, 0.4) is 0 Å². The summed E-state index contributed by atoms with van der Waals surface area (Å²) in [7, 11) is 0. The fourth-order valence-electron chi connectivity index (χ4n) is 0.500. The van der Waals surface area contributed by atoms with Crippen LogP contribution in [0.25, 0.3) is 0 Å². The molecule has 0 aliphatic carbocycles. The summed E-state index contributed by atoms with van der Waals surface area (Å²) >= 11 is 0. The molecule has 0 aliphatic heterocycles. The maximum atomic E-state index is 10.4. The van der Waals surface area contributed by atoms with Crippen molar-refractivity contribution in [2.75, 3.05) is 6.54 Å². The van der Waals surface area contributed by atoms with Crippen molar-refractivity contribution in [3.05, 3.63) is 24.4 Å². The number of carbonyl (C=O) groups excluding carboxylic acids is 1. The van der Waals surface area contributed by atoms with E-state index in [4.69, 9.17) is 0 Å². The first kappa shape index (κ1) is 8.95. The van der Waals surface area contributed by atoms with Crippen LogP contribution < -0.4 is 5.32 Å². The van der Waals surface area contributed by atoms with E-state index in [1.807, 2.05) is 13.0 Å². The molecule has 0 aromatic carbocycles. The van der Waals surface area contributed by atoms with Crippen molar-refractivity contribution in [3.8, 4) is 0 Å². The van der Waals surface area contributed by atoms with Crippen molar-refractivity contribution < 1.29 is 4.79 Å². The third-order valence-corrected chi connectivity index (χ3v) is 0.984.